The van der Waals surface area contributed by atoms with E-state index in [1.807, 2.05) is 24.3 Å². The zero-order valence-electron chi connectivity index (χ0n) is 12.3. The summed E-state index contributed by atoms with van der Waals surface area (Å²) in [4.78, 5) is 0. The molecule has 0 aromatic heterocycles. The van der Waals surface area contributed by atoms with E-state index < -0.39 is 13.0 Å². The monoisotopic (exact) mass is 315 g/mol. The van der Waals surface area contributed by atoms with Gasteiger partial charge in [0.15, 0.2) is 0 Å². The Morgan fingerprint density at radius 3 is 2.13 bits per heavy atom. The van der Waals surface area contributed by atoms with Crippen LogP contribution >= 0.6 is 0 Å². The average Bonchev–Trinajstić information content (AvgIpc) is 2.54. The molecule has 3 aromatic rings. The summed E-state index contributed by atoms with van der Waals surface area (Å²) in [6.45, 7) is -5.22. The first-order chi connectivity index (χ1) is 11.0. The first kappa shape index (κ1) is 15.6. The average molecular weight is 315 g/mol. The molecular formula is C18H15BF3O-. The Bertz CT molecular complexity index is 787. The second-order valence-corrected chi connectivity index (χ2v) is 5.45. The quantitative estimate of drug-likeness (QED) is 0.566. The van der Waals surface area contributed by atoms with Crippen LogP contribution in [0.4, 0.5) is 12.9 Å². The number of halogens is 3. The zero-order chi connectivity index (χ0) is 16.3. The molecule has 23 heavy (non-hydrogen) atoms. The molecule has 0 amide bonds. The van der Waals surface area contributed by atoms with Gasteiger partial charge in [0.25, 0.3) is 0 Å². The highest BCUT2D eigenvalue weighted by Crippen LogP contribution is 2.34. The second-order valence-electron chi connectivity index (χ2n) is 5.45. The second kappa shape index (κ2) is 6.46. The van der Waals surface area contributed by atoms with E-state index in [-0.39, 0.29) is 12.2 Å². The fourth-order valence-corrected chi connectivity index (χ4v) is 2.57. The standard InChI is InChI=1S/C18H15BF3O/c20-19(21,22)18(23-13-14-6-2-1-3-7-14)17-11-10-15-8-4-5-9-16(15)12-17/h1-12,18H,13H2/q-1. The van der Waals surface area contributed by atoms with Crippen LogP contribution in [0.15, 0.2) is 72.8 Å². The van der Waals surface area contributed by atoms with E-state index in [0.29, 0.717) is 0 Å². The van der Waals surface area contributed by atoms with Crippen LogP contribution in [0, 0.1) is 0 Å². The first-order valence-corrected chi connectivity index (χ1v) is 7.38. The van der Waals surface area contributed by atoms with Gasteiger partial charge in [0.2, 0.25) is 0 Å². The van der Waals surface area contributed by atoms with Crippen molar-refractivity contribution in [2.24, 2.45) is 0 Å². The molecule has 0 bridgehead atoms. The molecule has 3 rings (SSSR count). The molecule has 0 aliphatic rings. The van der Waals surface area contributed by atoms with Crippen LogP contribution in [-0.4, -0.2) is 6.98 Å². The van der Waals surface area contributed by atoms with Crippen molar-refractivity contribution < 1.29 is 17.7 Å². The van der Waals surface area contributed by atoms with Crippen LogP contribution in [0.2, 0.25) is 0 Å². The Hall–Kier alpha value is -2.27. The normalized spacial score (nSPS) is 13.2. The highest BCUT2D eigenvalue weighted by Gasteiger charge is 2.37. The van der Waals surface area contributed by atoms with E-state index in [2.05, 4.69) is 0 Å². The SMILES string of the molecule is F[B-](F)(F)C(OCc1ccccc1)c1ccc2ccccc2c1. The minimum Gasteiger partial charge on any atom is -0.447 e. The maximum absolute atomic E-state index is 13.4. The van der Waals surface area contributed by atoms with Crippen molar-refractivity contribution in [1.29, 1.82) is 0 Å². The summed E-state index contributed by atoms with van der Waals surface area (Å²) in [6.07, 6.45) is 0. The third-order valence-electron chi connectivity index (χ3n) is 3.72. The van der Waals surface area contributed by atoms with Gasteiger partial charge in [0.1, 0.15) is 0 Å². The van der Waals surface area contributed by atoms with Crippen molar-refractivity contribution in [3.63, 3.8) is 0 Å². The number of rotatable bonds is 5. The van der Waals surface area contributed by atoms with Crippen molar-refractivity contribution in [3.8, 4) is 0 Å². The van der Waals surface area contributed by atoms with Crippen molar-refractivity contribution in [3.05, 3.63) is 83.9 Å². The van der Waals surface area contributed by atoms with Gasteiger partial charge in [-0.15, -0.1) is 0 Å². The molecule has 0 heterocycles. The van der Waals surface area contributed by atoms with Gasteiger partial charge < -0.3 is 17.7 Å². The lowest BCUT2D eigenvalue weighted by Gasteiger charge is -2.28. The van der Waals surface area contributed by atoms with Crippen LogP contribution in [-0.2, 0) is 11.3 Å². The molecule has 0 N–H and O–H groups in total. The van der Waals surface area contributed by atoms with E-state index in [1.165, 1.54) is 6.07 Å². The molecule has 0 radical (unpaired) electrons. The Kier molecular flexibility index (Phi) is 4.39. The van der Waals surface area contributed by atoms with Crippen LogP contribution in [0.1, 0.15) is 17.1 Å². The van der Waals surface area contributed by atoms with Crippen molar-refractivity contribution >= 4 is 17.7 Å². The molecule has 1 unspecified atom stereocenters. The minimum absolute atomic E-state index is 0.0698. The molecule has 0 aliphatic carbocycles. The van der Waals surface area contributed by atoms with Crippen molar-refractivity contribution in [2.45, 2.75) is 12.6 Å². The van der Waals surface area contributed by atoms with E-state index in [9.17, 15) is 12.9 Å². The summed E-state index contributed by atoms with van der Waals surface area (Å²) in [5.41, 5.74) is 0.866. The fourth-order valence-electron chi connectivity index (χ4n) is 2.57. The summed E-state index contributed by atoms with van der Waals surface area (Å²) in [5, 5.41) is 1.69. The van der Waals surface area contributed by atoms with Gasteiger partial charge in [-0.2, -0.15) is 0 Å². The molecule has 1 atom stereocenters. The predicted octanol–water partition coefficient (Wildman–Crippen LogP) is 5.48. The number of benzene rings is 3. The van der Waals surface area contributed by atoms with Crippen molar-refractivity contribution in [2.75, 3.05) is 0 Å². The van der Waals surface area contributed by atoms with Gasteiger partial charge >= 0.3 is 6.98 Å². The molecule has 0 fully saturated rings. The van der Waals surface area contributed by atoms with Gasteiger partial charge in [-0.3, -0.25) is 0 Å². The molecule has 0 saturated heterocycles. The van der Waals surface area contributed by atoms with Crippen molar-refractivity contribution in [1.82, 2.24) is 0 Å². The highest BCUT2D eigenvalue weighted by molar-refractivity contribution is 6.59. The Morgan fingerprint density at radius 2 is 1.43 bits per heavy atom. The maximum Gasteiger partial charge on any atom is 0.511 e. The molecule has 0 spiro atoms. The lowest BCUT2D eigenvalue weighted by Crippen LogP contribution is -2.29. The number of fused-ring (bicyclic) bond motifs is 1. The lowest BCUT2D eigenvalue weighted by atomic mass is 9.77. The molecule has 118 valence electrons. The van der Waals surface area contributed by atoms with E-state index in [4.69, 9.17) is 4.74 Å². The number of hydrogen-bond acceptors (Lipinski definition) is 1. The number of hydrogen-bond donors (Lipinski definition) is 0. The Morgan fingerprint density at radius 1 is 0.783 bits per heavy atom. The highest BCUT2D eigenvalue weighted by atomic mass is 19.4. The van der Waals surface area contributed by atoms with Gasteiger partial charge in [0.05, 0.1) is 12.6 Å². The number of ether oxygens (including phenoxy) is 1. The van der Waals surface area contributed by atoms with Crippen LogP contribution in [0.25, 0.3) is 10.8 Å². The third kappa shape index (κ3) is 3.74. The third-order valence-corrected chi connectivity index (χ3v) is 3.72. The van der Waals surface area contributed by atoms with Gasteiger partial charge in [-0.25, -0.2) is 0 Å². The first-order valence-electron chi connectivity index (χ1n) is 7.38. The predicted molar refractivity (Wildman–Crippen MR) is 87.0 cm³/mol. The topological polar surface area (TPSA) is 9.23 Å². The zero-order valence-corrected chi connectivity index (χ0v) is 12.3. The molecular weight excluding hydrogens is 300 g/mol. The summed E-state index contributed by atoms with van der Waals surface area (Å²) in [6, 6.07) is 19.1. The van der Waals surface area contributed by atoms with E-state index >= 15 is 0 Å². The summed E-state index contributed by atoms with van der Waals surface area (Å²) in [7, 11) is 0. The lowest BCUT2D eigenvalue weighted by molar-refractivity contribution is 0.0628. The molecule has 5 heteroatoms. The van der Waals surface area contributed by atoms with Gasteiger partial charge in [0, 0.05) is 0 Å². The molecule has 1 nitrogen and oxygen atoms in total. The summed E-state index contributed by atoms with van der Waals surface area (Å²) in [5.74, 6) is 0. The minimum atomic E-state index is -5.15. The van der Waals surface area contributed by atoms with Gasteiger partial charge in [-0.05, 0) is 21.9 Å². The Balaban J connectivity index is 1.88. The molecule has 0 aliphatic heterocycles. The van der Waals surface area contributed by atoms with E-state index in [0.717, 1.165) is 16.3 Å². The molecule has 3 aromatic carbocycles. The summed E-state index contributed by atoms with van der Waals surface area (Å²) >= 11 is 0. The largest absolute Gasteiger partial charge is 0.511 e. The van der Waals surface area contributed by atoms with Crippen LogP contribution < -0.4 is 0 Å². The maximum atomic E-state index is 13.4. The van der Waals surface area contributed by atoms with E-state index in [1.54, 1.807) is 42.5 Å². The van der Waals surface area contributed by atoms with Crippen LogP contribution in [0.3, 0.4) is 0 Å². The smallest absolute Gasteiger partial charge is 0.447 e. The van der Waals surface area contributed by atoms with Gasteiger partial charge in [-0.1, -0.05) is 72.8 Å². The molecule has 0 saturated carbocycles. The summed E-state index contributed by atoms with van der Waals surface area (Å²) < 4.78 is 45.6. The Labute approximate surface area is 132 Å². The van der Waals surface area contributed by atoms with Crippen LogP contribution in [0.5, 0.6) is 0 Å². The fraction of sp³-hybridized carbons (Fsp3) is 0.111.